The van der Waals surface area contributed by atoms with Crippen molar-refractivity contribution in [3.8, 4) is 0 Å². The lowest BCUT2D eigenvalue weighted by Gasteiger charge is -2.32. The number of nitrogens with zero attached hydrogens (tertiary/aromatic N) is 1. The van der Waals surface area contributed by atoms with Gasteiger partial charge in [0.15, 0.2) is 0 Å². The molecular formula is C12H25NO2S. The zero-order valence-electron chi connectivity index (χ0n) is 10.9. The highest BCUT2D eigenvalue weighted by atomic mass is 32.2. The fourth-order valence-corrected chi connectivity index (χ4v) is 2.72. The Labute approximate surface area is 104 Å². The summed E-state index contributed by atoms with van der Waals surface area (Å²) in [4.78, 5) is 13.3. The zero-order chi connectivity index (χ0) is 12.6. The molecule has 96 valence electrons. The Morgan fingerprint density at radius 3 is 2.44 bits per heavy atom. The summed E-state index contributed by atoms with van der Waals surface area (Å²) in [6.07, 6.45) is 5.87. The van der Waals surface area contributed by atoms with Gasteiger partial charge >= 0.3 is 5.97 Å². The van der Waals surface area contributed by atoms with E-state index >= 15 is 0 Å². The quantitative estimate of drug-likeness (QED) is 0.680. The SMILES string of the molecule is CCCCC(C(=O)O)N(C)C(CC)CSC. The first-order chi connectivity index (χ1) is 7.58. The minimum Gasteiger partial charge on any atom is -0.480 e. The molecule has 0 spiro atoms. The fourth-order valence-electron chi connectivity index (χ4n) is 1.87. The molecule has 0 amide bonds. The van der Waals surface area contributed by atoms with Crippen LogP contribution in [0.4, 0.5) is 0 Å². The first-order valence-corrected chi connectivity index (χ1v) is 7.41. The van der Waals surface area contributed by atoms with Crippen LogP contribution in [0.1, 0.15) is 39.5 Å². The van der Waals surface area contributed by atoms with E-state index < -0.39 is 5.97 Å². The molecule has 2 unspecified atom stereocenters. The van der Waals surface area contributed by atoms with Crippen LogP contribution in [-0.4, -0.2) is 47.1 Å². The first-order valence-electron chi connectivity index (χ1n) is 6.02. The molecule has 0 aromatic carbocycles. The summed E-state index contributed by atoms with van der Waals surface area (Å²) in [6.45, 7) is 4.22. The minimum atomic E-state index is -0.685. The second kappa shape index (κ2) is 8.88. The predicted molar refractivity (Wildman–Crippen MR) is 71.2 cm³/mol. The number of likely N-dealkylation sites (N-methyl/N-ethyl adjacent to an activating group) is 1. The number of carbonyl (C=O) groups is 1. The molecule has 4 heteroatoms. The van der Waals surface area contributed by atoms with Crippen molar-refractivity contribution >= 4 is 17.7 Å². The molecule has 2 atom stereocenters. The van der Waals surface area contributed by atoms with E-state index in [-0.39, 0.29) is 6.04 Å². The van der Waals surface area contributed by atoms with Crippen LogP contribution in [0.15, 0.2) is 0 Å². The smallest absolute Gasteiger partial charge is 0.320 e. The monoisotopic (exact) mass is 247 g/mol. The maximum atomic E-state index is 11.2. The van der Waals surface area contributed by atoms with Crippen molar-refractivity contribution in [1.29, 1.82) is 0 Å². The van der Waals surface area contributed by atoms with Crippen LogP contribution in [0.25, 0.3) is 0 Å². The highest BCUT2D eigenvalue weighted by Crippen LogP contribution is 2.15. The van der Waals surface area contributed by atoms with Crippen LogP contribution in [0, 0.1) is 0 Å². The summed E-state index contributed by atoms with van der Waals surface area (Å²) < 4.78 is 0. The Bertz CT molecular complexity index is 199. The molecule has 0 saturated heterocycles. The Morgan fingerprint density at radius 2 is 2.06 bits per heavy atom. The summed E-state index contributed by atoms with van der Waals surface area (Å²) in [5.41, 5.74) is 0. The van der Waals surface area contributed by atoms with Crippen LogP contribution in [0.5, 0.6) is 0 Å². The molecule has 0 bridgehead atoms. The average Bonchev–Trinajstić information content (AvgIpc) is 2.25. The van der Waals surface area contributed by atoms with E-state index in [1.165, 1.54) is 0 Å². The largest absolute Gasteiger partial charge is 0.480 e. The van der Waals surface area contributed by atoms with Crippen molar-refractivity contribution in [2.24, 2.45) is 0 Å². The molecule has 0 rings (SSSR count). The molecule has 0 saturated carbocycles. The van der Waals surface area contributed by atoms with E-state index in [4.69, 9.17) is 0 Å². The van der Waals surface area contributed by atoms with E-state index in [0.717, 1.165) is 31.4 Å². The van der Waals surface area contributed by atoms with Gasteiger partial charge in [0.1, 0.15) is 6.04 Å². The Morgan fingerprint density at radius 1 is 1.44 bits per heavy atom. The van der Waals surface area contributed by atoms with E-state index in [1.807, 2.05) is 11.9 Å². The van der Waals surface area contributed by atoms with Crippen LogP contribution >= 0.6 is 11.8 Å². The molecule has 0 fully saturated rings. The van der Waals surface area contributed by atoms with Crippen molar-refractivity contribution in [1.82, 2.24) is 4.90 Å². The maximum Gasteiger partial charge on any atom is 0.320 e. The fraction of sp³-hybridized carbons (Fsp3) is 0.917. The number of unbranched alkanes of at least 4 members (excludes halogenated alkanes) is 1. The molecule has 3 nitrogen and oxygen atoms in total. The van der Waals surface area contributed by atoms with Crippen molar-refractivity contribution in [3.63, 3.8) is 0 Å². The summed E-state index contributed by atoms with van der Waals surface area (Å²) >= 11 is 1.78. The van der Waals surface area contributed by atoms with E-state index in [2.05, 4.69) is 20.1 Å². The molecule has 0 aliphatic rings. The molecule has 16 heavy (non-hydrogen) atoms. The normalized spacial score (nSPS) is 15.1. The minimum absolute atomic E-state index is 0.322. The number of aliphatic carboxylic acids is 1. The van der Waals surface area contributed by atoms with Crippen LogP contribution in [0.3, 0.4) is 0 Å². The van der Waals surface area contributed by atoms with Crippen molar-refractivity contribution < 1.29 is 9.90 Å². The number of carboxylic acid groups (broad SMARTS) is 1. The summed E-state index contributed by atoms with van der Waals surface area (Å²) in [6, 6.07) is 0.0463. The van der Waals surface area contributed by atoms with Gasteiger partial charge in [0.05, 0.1) is 0 Å². The van der Waals surface area contributed by atoms with Crippen molar-refractivity contribution in [2.45, 2.75) is 51.6 Å². The van der Waals surface area contributed by atoms with Gasteiger partial charge in [0, 0.05) is 11.8 Å². The van der Waals surface area contributed by atoms with Crippen LogP contribution < -0.4 is 0 Å². The maximum absolute atomic E-state index is 11.2. The van der Waals surface area contributed by atoms with Gasteiger partial charge in [-0.3, -0.25) is 9.69 Å². The van der Waals surface area contributed by atoms with E-state index in [9.17, 15) is 9.90 Å². The highest BCUT2D eigenvalue weighted by molar-refractivity contribution is 7.98. The van der Waals surface area contributed by atoms with Gasteiger partial charge in [-0.05, 0) is 26.1 Å². The lowest BCUT2D eigenvalue weighted by atomic mass is 10.1. The molecule has 1 N–H and O–H groups in total. The van der Waals surface area contributed by atoms with Gasteiger partial charge < -0.3 is 5.11 Å². The third-order valence-electron chi connectivity index (χ3n) is 3.01. The number of thioether (sulfide) groups is 1. The number of hydrogen-bond acceptors (Lipinski definition) is 3. The van der Waals surface area contributed by atoms with Gasteiger partial charge in [0.2, 0.25) is 0 Å². The summed E-state index contributed by atoms with van der Waals surface area (Å²) in [5, 5.41) is 9.23. The second-order valence-electron chi connectivity index (χ2n) is 4.18. The average molecular weight is 247 g/mol. The van der Waals surface area contributed by atoms with E-state index in [1.54, 1.807) is 11.8 Å². The molecule has 0 aliphatic carbocycles. The first kappa shape index (κ1) is 15.8. The molecule has 0 aromatic rings. The van der Waals surface area contributed by atoms with Crippen LogP contribution in [-0.2, 0) is 4.79 Å². The third-order valence-corrected chi connectivity index (χ3v) is 3.73. The topological polar surface area (TPSA) is 40.5 Å². The Kier molecular flexibility index (Phi) is 8.76. The number of carboxylic acids is 1. The van der Waals surface area contributed by atoms with Gasteiger partial charge in [-0.2, -0.15) is 11.8 Å². The lowest BCUT2D eigenvalue weighted by molar-refractivity contribution is -0.143. The van der Waals surface area contributed by atoms with Gasteiger partial charge in [-0.15, -0.1) is 0 Å². The van der Waals surface area contributed by atoms with Gasteiger partial charge in [0.25, 0.3) is 0 Å². The summed E-state index contributed by atoms with van der Waals surface area (Å²) in [5.74, 6) is 0.318. The second-order valence-corrected chi connectivity index (χ2v) is 5.09. The molecule has 0 aliphatic heterocycles. The van der Waals surface area contributed by atoms with Gasteiger partial charge in [-0.25, -0.2) is 0 Å². The standard InChI is InChI=1S/C12H25NO2S/c1-5-7-8-11(12(14)15)13(3)10(6-2)9-16-4/h10-11H,5-9H2,1-4H3,(H,14,15). The third kappa shape index (κ3) is 5.21. The Balaban J connectivity index is 4.43. The summed E-state index contributed by atoms with van der Waals surface area (Å²) in [7, 11) is 1.94. The number of hydrogen-bond donors (Lipinski definition) is 1. The number of rotatable bonds is 9. The van der Waals surface area contributed by atoms with Gasteiger partial charge in [-0.1, -0.05) is 26.7 Å². The predicted octanol–water partition coefficient (Wildman–Crippen LogP) is 2.70. The van der Waals surface area contributed by atoms with Crippen molar-refractivity contribution in [2.75, 3.05) is 19.1 Å². The van der Waals surface area contributed by atoms with Crippen LogP contribution in [0.2, 0.25) is 0 Å². The molecule has 0 aromatic heterocycles. The highest BCUT2D eigenvalue weighted by Gasteiger charge is 2.26. The Hall–Kier alpha value is -0.220. The molecular weight excluding hydrogens is 222 g/mol. The zero-order valence-corrected chi connectivity index (χ0v) is 11.7. The molecule has 0 radical (unpaired) electrons. The van der Waals surface area contributed by atoms with E-state index in [0.29, 0.717) is 6.04 Å². The van der Waals surface area contributed by atoms with Crippen molar-refractivity contribution in [3.05, 3.63) is 0 Å². The molecule has 0 heterocycles. The lowest BCUT2D eigenvalue weighted by Crippen LogP contribution is -2.45.